The van der Waals surface area contributed by atoms with Crippen molar-refractivity contribution in [2.45, 2.75) is 6.04 Å². The molecular weight excluding hydrogens is 374 g/mol. The summed E-state index contributed by atoms with van der Waals surface area (Å²) in [4.78, 5) is 17.7. The van der Waals surface area contributed by atoms with Gasteiger partial charge in [-0.3, -0.25) is 9.69 Å². The molecular formula is C25H29N3O2. The van der Waals surface area contributed by atoms with E-state index in [1.807, 2.05) is 48.5 Å². The van der Waals surface area contributed by atoms with Crippen LogP contribution in [0.15, 0.2) is 66.7 Å². The van der Waals surface area contributed by atoms with E-state index in [9.17, 15) is 4.79 Å². The molecule has 1 fully saturated rings. The van der Waals surface area contributed by atoms with Gasteiger partial charge in [-0.25, -0.2) is 0 Å². The fourth-order valence-corrected chi connectivity index (χ4v) is 4.04. The highest BCUT2D eigenvalue weighted by Crippen LogP contribution is 2.24. The fourth-order valence-electron chi connectivity index (χ4n) is 4.04. The largest absolute Gasteiger partial charge is 0.497 e. The van der Waals surface area contributed by atoms with E-state index in [0.29, 0.717) is 12.1 Å². The van der Waals surface area contributed by atoms with Crippen molar-refractivity contribution in [3.8, 4) is 5.75 Å². The van der Waals surface area contributed by atoms with Crippen LogP contribution in [0.4, 0.5) is 0 Å². The van der Waals surface area contributed by atoms with Gasteiger partial charge in [0.15, 0.2) is 0 Å². The van der Waals surface area contributed by atoms with E-state index in [4.69, 9.17) is 4.74 Å². The van der Waals surface area contributed by atoms with Crippen molar-refractivity contribution in [3.05, 3.63) is 77.9 Å². The molecule has 0 bridgehead atoms. The van der Waals surface area contributed by atoms with Gasteiger partial charge in [0.2, 0.25) is 0 Å². The minimum absolute atomic E-state index is 0.0339. The topological polar surface area (TPSA) is 44.8 Å². The van der Waals surface area contributed by atoms with Crippen LogP contribution in [0.25, 0.3) is 10.8 Å². The molecule has 0 aliphatic carbocycles. The van der Waals surface area contributed by atoms with Gasteiger partial charge in [0.05, 0.1) is 13.2 Å². The standard InChI is InChI=1S/C25H29N3O2/c1-27-13-15-28(16-14-27)24(20-9-11-23(30-2)12-10-20)18-26-25(29)22-8-7-19-5-3-4-6-21(19)17-22/h3-12,17,24H,13-16,18H2,1-2H3,(H,26,29)/t24-/m0/s1. The first-order valence-corrected chi connectivity index (χ1v) is 10.5. The monoisotopic (exact) mass is 403 g/mol. The summed E-state index contributed by atoms with van der Waals surface area (Å²) in [5.41, 5.74) is 1.89. The van der Waals surface area contributed by atoms with Gasteiger partial charge in [-0.2, -0.15) is 0 Å². The van der Waals surface area contributed by atoms with Crippen LogP contribution in [-0.2, 0) is 0 Å². The lowest BCUT2D eigenvalue weighted by Gasteiger charge is -2.38. The van der Waals surface area contributed by atoms with Crippen LogP contribution in [0.1, 0.15) is 22.0 Å². The summed E-state index contributed by atoms with van der Waals surface area (Å²) in [7, 11) is 3.83. The Bertz CT molecular complexity index is 995. The third-order valence-electron chi connectivity index (χ3n) is 5.95. The predicted octanol–water partition coefficient (Wildman–Crippen LogP) is 3.57. The smallest absolute Gasteiger partial charge is 0.251 e. The van der Waals surface area contributed by atoms with E-state index in [2.05, 4.69) is 40.4 Å². The number of ether oxygens (including phenoxy) is 1. The second kappa shape index (κ2) is 9.28. The van der Waals surface area contributed by atoms with Gasteiger partial charge in [0.25, 0.3) is 5.91 Å². The Morgan fingerprint density at radius 1 is 0.967 bits per heavy atom. The van der Waals surface area contributed by atoms with Crippen molar-refractivity contribution >= 4 is 16.7 Å². The van der Waals surface area contributed by atoms with Crippen LogP contribution in [0.3, 0.4) is 0 Å². The number of fused-ring (bicyclic) bond motifs is 1. The third-order valence-corrected chi connectivity index (χ3v) is 5.95. The Balaban J connectivity index is 1.50. The van der Waals surface area contributed by atoms with E-state index in [-0.39, 0.29) is 11.9 Å². The lowest BCUT2D eigenvalue weighted by molar-refractivity contribution is 0.0886. The van der Waals surface area contributed by atoms with Gasteiger partial charge in [-0.15, -0.1) is 0 Å². The van der Waals surface area contributed by atoms with Crippen LogP contribution in [-0.4, -0.2) is 62.6 Å². The summed E-state index contributed by atoms with van der Waals surface area (Å²) in [5.74, 6) is 0.810. The zero-order chi connectivity index (χ0) is 20.9. The van der Waals surface area contributed by atoms with Crippen molar-refractivity contribution in [3.63, 3.8) is 0 Å². The first kappa shape index (κ1) is 20.4. The average molecular weight is 404 g/mol. The third kappa shape index (κ3) is 4.64. The molecule has 1 aliphatic rings. The van der Waals surface area contributed by atoms with Gasteiger partial charge in [-0.05, 0) is 47.6 Å². The van der Waals surface area contributed by atoms with Crippen molar-refractivity contribution in [1.29, 1.82) is 0 Å². The maximum atomic E-state index is 12.9. The molecule has 1 N–H and O–H groups in total. The number of amides is 1. The molecule has 0 spiro atoms. The number of nitrogens with one attached hydrogen (secondary N) is 1. The molecule has 5 heteroatoms. The molecule has 3 aromatic rings. The highest BCUT2D eigenvalue weighted by Gasteiger charge is 2.24. The zero-order valence-electron chi connectivity index (χ0n) is 17.7. The van der Waals surface area contributed by atoms with Crippen LogP contribution in [0, 0.1) is 0 Å². The van der Waals surface area contributed by atoms with Crippen molar-refractivity contribution < 1.29 is 9.53 Å². The Morgan fingerprint density at radius 2 is 1.67 bits per heavy atom. The second-order valence-corrected chi connectivity index (χ2v) is 7.90. The number of nitrogens with zero attached hydrogens (tertiary/aromatic N) is 2. The van der Waals surface area contributed by atoms with E-state index in [1.165, 1.54) is 5.56 Å². The van der Waals surface area contributed by atoms with Gasteiger partial charge in [-0.1, -0.05) is 42.5 Å². The van der Waals surface area contributed by atoms with Crippen LogP contribution in [0.2, 0.25) is 0 Å². The Morgan fingerprint density at radius 3 is 2.37 bits per heavy atom. The van der Waals surface area contributed by atoms with E-state index in [1.54, 1.807) is 7.11 Å². The predicted molar refractivity (Wildman–Crippen MR) is 121 cm³/mol. The highest BCUT2D eigenvalue weighted by atomic mass is 16.5. The quantitative estimate of drug-likeness (QED) is 0.684. The molecule has 1 aliphatic heterocycles. The minimum Gasteiger partial charge on any atom is -0.497 e. The molecule has 0 saturated carbocycles. The number of likely N-dealkylation sites (N-methyl/N-ethyl adjacent to an activating group) is 1. The Kier molecular flexibility index (Phi) is 6.31. The molecule has 0 unspecified atom stereocenters. The first-order valence-electron chi connectivity index (χ1n) is 10.5. The molecule has 1 heterocycles. The second-order valence-electron chi connectivity index (χ2n) is 7.90. The fraction of sp³-hybridized carbons (Fsp3) is 0.320. The van der Waals surface area contributed by atoms with E-state index in [0.717, 1.165) is 42.7 Å². The van der Waals surface area contributed by atoms with Crippen LogP contribution < -0.4 is 10.1 Å². The van der Waals surface area contributed by atoms with Crippen molar-refractivity contribution in [2.75, 3.05) is 46.9 Å². The number of methoxy groups -OCH3 is 1. The van der Waals surface area contributed by atoms with Crippen molar-refractivity contribution in [2.24, 2.45) is 0 Å². The molecule has 4 rings (SSSR count). The van der Waals surface area contributed by atoms with E-state index >= 15 is 0 Å². The number of piperazine rings is 1. The highest BCUT2D eigenvalue weighted by molar-refractivity contribution is 5.98. The summed E-state index contributed by atoms with van der Waals surface area (Å²) >= 11 is 0. The van der Waals surface area contributed by atoms with E-state index < -0.39 is 0 Å². The average Bonchev–Trinajstić information content (AvgIpc) is 2.80. The maximum absolute atomic E-state index is 12.9. The first-order chi connectivity index (χ1) is 14.6. The molecule has 1 saturated heterocycles. The number of hydrogen-bond donors (Lipinski definition) is 1. The van der Waals surface area contributed by atoms with Gasteiger partial charge in [0, 0.05) is 38.3 Å². The van der Waals surface area contributed by atoms with Gasteiger partial charge < -0.3 is 15.0 Å². The molecule has 0 radical (unpaired) electrons. The van der Waals surface area contributed by atoms with Crippen LogP contribution >= 0.6 is 0 Å². The zero-order valence-corrected chi connectivity index (χ0v) is 17.7. The SMILES string of the molecule is COc1ccc([C@H](CNC(=O)c2ccc3ccccc3c2)N2CCN(C)CC2)cc1. The summed E-state index contributed by atoms with van der Waals surface area (Å²) < 4.78 is 5.31. The van der Waals surface area contributed by atoms with Crippen molar-refractivity contribution in [1.82, 2.24) is 15.1 Å². The van der Waals surface area contributed by atoms with Crippen LogP contribution in [0.5, 0.6) is 5.75 Å². The molecule has 156 valence electrons. The summed E-state index contributed by atoms with van der Waals surface area (Å²) in [6, 6.07) is 22.3. The number of hydrogen-bond acceptors (Lipinski definition) is 4. The van der Waals surface area contributed by atoms with Gasteiger partial charge >= 0.3 is 0 Å². The summed E-state index contributed by atoms with van der Waals surface area (Å²) in [6.07, 6.45) is 0. The number of rotatable bonds is 6. The molecule has 0 aromatic heterocycles. The summed E-state index contributed by atoms with van der Waals surface area (Å²) in [6.45, 7) is 4.61. The minimum atomic E-state index is -0.0339. The number of carbonyl (C=O) groups excluding carboxylic acids is 1. The lowest BCUT2D eigenvalue weighted by Crippen LogP contribution is -2.48. The molecule has 30 heavy (non-hydrogen) atoms. The Labute approximate surface area is 178 Å². The normalized spacial score (nSPS) is 16.3. The number of benzene rings is 3. The molecule has 3 aromatic carbocycles. The maximum Gasteiger partial charge on any atom is 0.251 e. The number of carbonyl (C=O) groups is 1. The Hall–Kier alpha value is -2.89. The molecule has 5 nitrogen and oxygen atoms in total. The molecule has 1 atom stereocenters. The lowest BCUT2D eigenvalue weighted by atomic mass is 10.0. The summed E-state index contributed by atoms with van der Waals surface area (Å²) in [5, 5.41) is 5.39. The van der Waals surface area contributed by atoms with Gasteiger partial charge in [0.1, 0.15) is 5.75 Å². The molecule has 1 amide bonds.